The molecule has 3 saturated heterocycles. The van der Waals surface area contributed by atoms with Crippen LogP contribution in [-0.4, -0.2) is 73.6 Å². The molecule has 2 N–H and O–H groups in total. The average molecular weight is 278 g/mol. The minimum Gasteiger partial charge on any atom is -0.378 e. The van der Waals surface area contributed by atoms with Crippen LogP contribution in [0.3, 0.4) is 0 Å². The molecule has 0 spiro atoms. The first-order valence-corrected chi connectivity index (χ1v) is 8.06. The highest BCUT2D eigenvalue weighted by Crippen LogP contribution is 2.21. The van der Waals surface area contributed by atoms with E-state index in [0.29, 0.717) is 0 Å². The molecule has 112 valence electrons. The van der Waals surface area contributed by atoms with Gasteiger partial charge in [0.05, 0.1) is 6.04 Å². The van der Waals surface area contributed by atoms with Crippen LogP contribution >= 0.6 is 0 Å². The minimum absolute atomic E-state index is 0.288. The van der Waals surface area contributed by atoms with Gasteiger partial charge in [0, 0.05) is 38.8 Å². The molecule has 3 rings (SSSR count). The molecule has 3 fully saturated rings. The Morgan fingerprint density at radius 3 is 2.35 bits per heavy atom. The lowest BCUT2D eigenvalue weighted by Crippen LogP contribution is -2.56. The molecule has 0 aromatic rings. The lowest BCUT2D eigenvalue weighted by Gasteiger charge is -2.44. The van der Waals surface area contributed by atoms with Gasteiger partial charge in [-0.1, -0.05) is 0 Å². The number of nitrogens with one attached hydrogen (secondary N) is 2. The van der Waals surface area contributed by atoms with Gasteiger partial charge >= 0.3 is 0 Å². The molecule has 0 amide bonds. The Morgan fingerprint density at radius 1 is 0.950 bits per heavy atom. The van der Waals surface area contributed by atoms with Gasteiger partial charge in [-0.15, -0.1) is 0 Å². The summed E-state index contributed by atoms with van der Waals surface area (Å²) in [6, 6.07) is 1.06. The third-order valence-corrected chi connectivity index (χ3v) is 5.03. The number of hydrogen-bond donors (Lipinski definition) is 2. The van der Waals surface area contributed by atoms with Crippen molar-refractivity contribution in [3.05, 3.63) is 5.70 Å². The fraction of sp³-hybridized carbons (Fsp3) is 0.867. The van der Waals surface area contributed by atoms with Gasteiger partial charge in [0.25, 0.3) is 0 Å². The van der Waals surface area contributed by atoms with Gasteiger partial charge in [0.1, 0.15) is 11.6 Å². The summed E-state index contributed by atoms with van der Waals surface area (Å²) in [6.45, 7) is 7.71. The van der Waals surface area contributed by atoms with Crippen LogP contribution < -0.4 is 10.6 Å². The van der Waals surface area contributed by atoms with Crippen molar-refractivity contribution in [3.63, 3.8) is 0 Å². The molecule has 3 aliphatic rings. The first-order valence-electron chi connectivity index (χ1n) is 8.06. The molecular weight excluding hydrogens is 252 g/mol. The Kier molecular flexibility index (Phi) is 4.73. The summed E-state index contributed by atoms with van der Waals surface area (Å²) < 4.78 is 0. The monoisotopic (exact) mass is 278 g/mol. The van der Waals surface area contributed by atoms with Crippen molar-refractivity contribution in [1.82, 2.24) is 20.4 Å². The van der Waals surface area contributed by atoms with Crippen LogP contribution in [0.4, 0.5) is 0 Å². The molecule has 0 saturated carbocycles. The highest BCUT2D eigenvalue weighted by Gasteiger charge is 2.31. The Hall–Kier alpha value is -0.870. The van der Waals surface area contributed by atoms with E-state index in [4.69, 9.17) is 0 Å². The predicted molar refractivity (Wildman–Crippen MR) is 79.3 cm³/mol. The standard InChI is InChI=1S/C15H26N4O/c20-12-14-15(2-1-5-17-14)19-10-8-18(9-11-19)13-3-6-16-7-4-13/h13,15-17H,1-11H2. The van der Waals surface area contributed by atoms with E-state index in [-0.39, 0.29) is 6.04 Å². The maximum absolute atomic E-state index is 11.1. The topological polar surface area (TPSA) is 47.6 Å². The SMILES string of the molecule is O=C=C1NCCCC1N1CCN(C2CCNCC2)CC1. The summed E-state index contributed by atoms with van der Waals surface area (Å²) in [7, 11) is 0. The molecule has 1 unspecified atom stereocenters. The molecule has 0 aliphatic carbocycles. The summed E-state index contributed by atoms with van der Waals surface area (Å²) >= 11 is 0. The molecule has 5 heteroatoms. The van der Waals surface area contributed by atoms with Gasteiger partial charge in [-0.3, -0.25) is 9.80 Å². The molecule has 1 atom stereocenters. The Labute approximate surface area is 121 Å². The number of rotatable bonds is 2. The van der Waals surface area contributed by atoms with Crippen LogP contribution in [-0.2, 0) is 4.79 Å². The van der Waals surface area contributed by atoms with Gasteiger partial charge in [0.15, 0.2) is 0 Å². The highest BCUT2D eigenvalue weighted by atomic mass is 16.1. The minimum atomic E-state index is 0.288. The van der Waals surface area contributed by atoms with Crippen molar-refractivity contribution in [1.29, 1.82) is 0 Å². The van der Waals surface area contributed by atoms with E-state index in [1.807, 2.05) is 0 Å². The Morgan fingerprint density at radius 2 is 1.65 bits per heavy atom. The average Bonchev–Trinajstić information content (AvgIpc) is 2.56. The zero-order valence-corrected chi connectivity index (χ0v) is 12.2. The number of piperazine rings is 1. The van der Waals surface area contributed by atoms with Crippen LogP contribution in [0.1, 0.15) is 25.7 Å². The number of hydrogen-bond acceptors (Lipinski definition) is 5. The van der Waals surface area contributed by atoms with Crippen LogP contribution in [0, 0.1) is 0 Å². The zero-order chi connectivity index (χ0) is 13.8. The van der Waals surface area contributed by atoms with Gasteiger partial charge in [-0.25, -0.2) is 4.79 Å². The zero-order valence-electron chi connectivity index (χ0n) is 12.2. The van der Waals surface area contributed by atoms with Crippen molar-refractivity contribution in [3.8, 4) is 0 Å². The number of nitrogens with zero attached hydrogens (tertiary/aromatic N) is 2. The quantitative estimate of drug-likeness (QED) is 0.687. The van der Waals surface area contributed by atoms with Gasteiger partial charge in [-0.2, -0.15) is 0 Å². The lowest BCUT2D eigenvalue weighted by molar-refractivity contribution is 0.0606. The molecule has 0 aromatic heterocycles. The molecule has 0 bridgehead atoms. The maximum atomic E-state index is 11.1. The van der Waals surface area contributed by atoms with Crippen molar-refractivity contribution in [2.24, 2.45) is 0 Å². The lowest BCUT2D eigenvalue weighted by atomic mass is 10.00. The predicted octanol–water partition coefficient (Wildman–Crippen LogP) is -0.176. The molecule has 5 nitrogen and oxygen atoms in total. The van der Waals surface area contributed by atoms with Gasteiger partial charge < -0.3 is 10.6 Å². The molecule has 0 radical (unpaired) electrons. The first kappa shape index (κ1) is 14.1. The second-order valence-electron chi connectivity index (χ2n) is 6.15. The van der Waals surface area contributed by atoms with Crippen molar-refractivity contribution < 1.29 is 4.79 Å². The molecule has 20 heavy (non-hydrogen) atoms. The summed E-state index contributed by atoms with van der Waals surface area (Å²) in [4.78, 5) is 16.2. The normalized spacial score (nSPS) is 30.8. The summed E-state index contributed by atoms with van der Waals surface area (Å²) in [5.41, 5.74) is 0.784. The van der Waals surface area contributed by atoms with Crippen LogP contribution in [0.25, 0.3) is 0 Å². The van der Waals surface area contributed by atoms with Gasteiger partial charge in [0.2, 0.25) is 0 Å². The van der Waals surface area contributed by atoms with E-state index in [1.165, 1.54) is 12.8 Å². The molecule has 0 aromatic carbocycles. The largest absolute Gasteiger partial charge is 0.378 e. The van der Waals surface area contributed by atoms with Crippen LogP contribution in [0.15, 0.2) is 5.70 Å². The Balaban J connectivity index is 1.53. The smallest absolute Gasteiger partial charge is 0.147 e. The number of carbonyl (C=O) groups excluding carboxylic acids is 1. The maximum Gasteiger partial charge on any atom is 0.147 e. The Bertz CT molecular complexity index is 366. The van der Waals surface area contributed by atoms with Crippen LogP contribution in [0.5, 0.6) is 0 Å². The fourth-order valence-corrected chi connectivity index (χ4v) is 3.84. The van der Waals surface area contributed by atoms with E-state index in [0.717, 1.165) is 70.4 Å². The molecule has 3 heterocycles. The highest BCUT2D eigenvalue weighted by molar-refractivity contribution is 5.54. The summed E-state index contributed by atoms with van der Waals surface area (Å²) in [5, 5.41) is 6.66. The summed E-state index contributed by atoms with van der Waals surface area (Å²) in [5.74, 6) is 2.12. The van der Waals surface area contributed by atoms with E-state index in [1.54, 1.807) is 0 Å². The summed E-state index contributed by atoms with van der Waals surface area (Å²) in [6.07, 6.45) is 4.82. The molecule has 3 aliphatic heterocycles. The third kappa shape index (κ3) is 3.07. The fourth-order valence-electron chi connectivity index (χ4n) is 3.84. The van der Waals surface area contributed by atoms with E-state index < -0.39 is 0 Å². The molecular formula is C15H26N4O. The van der Waals surface area contributed by atoms with Crippen molar-refractivity contribution >= 4 is 5.94 Å². The first-order chi connectivity index (χ1) is 9.88. The van der Waals surface area contributed by atoms with Gasteiger partial charge in [-0.05, 0) is 38.8 Å². The third-order valence-electron chi connectivity index (χ3n) is 5.03. The van der Waals surface area contributed by atoms with E-state index in [9.17, 15) is 4.79 Å². The second-order valence-corrected chi connectivity index (χ2v) is 6.15. The van der Waals surface area contributed by atoms with E-state index >= 15 is 0 Å². The number of piperidine rings is 2. The van der Waals surface area contributed by atoms with E-state index in [2.05, 4.69) is 26.4 Å². The van der Waals surface area contributed by atoms with Crippen molar-refractivity contribution in [2.75, 3.05) is 45.8 Å². The van der Waals surface area contributed by atoms with Crippen LogP contribution in [0.2, 0.25) is 0 Å². The second kappa shape index (κ2) is 6.72. The van der Waals surface area contributed by atoms with Crippen molar-refractivity contribution in [2.45, 2.75) is 37.8 Å².